The van der Waals surface area contributed by atoms with E-state index in [2.05, 4.69) is 15.2 Å². The summed E-state index contributed by atoms with van der Waals surface area (Å²) in [6.45, 7) is -4.91. The zero-order chi connectivity index (χ0) is 12.3. The zero-order valence-electron chi connectivity index (χ0n) is 9.61. The second-order valence-corrected chi connectivity index (χ2v) is 4.36. The molecule has 0 aliphatic heterocycles. The van der Waals surface area contributed by atoms with E-state index in [1.165, 1.54) is 30.2 Å². The van der Waals surface area contributed by atoms with E-state index < -0.39 is 12.4 Å². The van der Waals surface area contributed by atoms with Crippen LogP contribution in [0.5, 0.6) is 0 Å². The van der Waals surface area contributed by atoms with Crippen LogP contribution in [0.2, 0.25) is 0 Å². The minimum atomic E-state index is -4.91. The summed E-state index contributed by atoms with van der Waals surface area (Å²) < 4.78 is 37.1. The van der Waals surface area contributed by atoms with Gasteiger partial charge in [-0.2, -0.15) is 5.10 Å². The van der Waals surface area contributed by atoms with Crippen LogP contribution in [0.3, 0.4) is 0 Å². The molecule has 90 valence electrons. The zero-order valence-corrected chi connectivity index (χ0v) is 13.5. The molecule has 2 aromatic rings. The van der Waals surface area contributed by atoms with Gasteiger partial charge in [0.25, 0.3) is 0 Å². The molecule has 1 aromatic heterocycles. The number of thioether (sulfide) groups is 1. The maximum atomic E-state index is 12.4. The van der Waals surface area contributed by atoms with Crippen LogP contribution in [0.1, 0.15) is 5.56 Å². The molecule has 0 saturated carbocycles. The number of aromatic nitrogens is 3. The average Bonchev–Trinajstić information content (AvgIpc) is 2.78. The van der Waals surface area contributed by atoms with Gasteiger partial charge in [-0.05, 0) is 5.56 Å². The molecule has 1 aromatic carbocycles. The fourth-order valence-electron chi connectivity index (χ4n) is 1.25. The second kappa shape index (κ2) is 7.11. The van der Waals surface area contributed by atoms with Crippen molar-refractivity contribution in [1.82, 2.24) is 15.2 Å². The fraction of sp³-hybridized carbons (Fsp3) is 0.111. The summed E-state index contributed by atoms with van der Waals surface area (Å²) in [6.07, 6.45) is 1.39. The number of hydrogen-bond acceptors (Lipinski definition) is 3. The number of aromatic amines is 1. The van der Waals surface area contributed by atoms with Gasteiger partial charge in [0.05, 0.1) is 0 Å². The SMILES string of the molecule is F[B-](F)(F)c1ccc(CSc2ncn[nH]2)cc1.[K+]. The summed E-state index contributed by atoms with van der Waals surface area (Å²) in [5, 5.41) is 6.99. The van der Waals surface area contributed by atoms with Gasteiger partial charge in [0.2, 0.25) is 0 Å². The van der Waals surface area contributed by atoms with Crippen LogP contribution in [-0.2, 0) is 5.75 Å². The predicted molar refractivity (Wildman–Crippen MR) is 61.1 cm³/mol. The van der Waals surface area contributed by atoms with Crippen molar-refractivity contribution in [1.29, 1.82) is 0 Å². The normalized spacial score (nSPS) is 11.1. The number of H-pyrrole nitrogens is 1. The summed E-state index contributed by atoms with van der Waals surface area (Å²) in [5.41, 5.74) is 0.244. The van der Waals surface area contributed by atoms with E-state index in [1.54, 1.807) is 0 Å². The molecular formula is C9H8BF3KN3S. The smallest absolute Gasteiger partial charge is 0.445 e. The van der Waals surface area contributed by atoms with Gasteiger partial charge in [-0.15, -0.1) is 5.46 Å². The predicted octanol–water partition coefficient (Wildman–Crippen LogP) is -0.845. The molecule has 0 saturated heterocycles. The van der Waals surface area contributed by atoms with Crippen molar-refractivity contribution in [2.24, 2.45) is 0 Å². The Morgan fingerprint density at radius 2 is 1.83 bits per heavy atom. The molecule has 1 heterocycles. The van der Waals surface area contributed by atoms with E-state index in [-0.39, 0.29) is 51.4 Å². The van der Waals surface area contributed by atoms with E-state index >= 15 is 0 Å². The van der Waals surface area contributed by atoms with Crippen LogP contribution in [0.25, 0.3) is 0 Å². The van der Waals surface area contributed by atoms with Crippen LogP contribution in [0.15, 0.2) is 35.7 Å². The maximum absolute atomic E-state index is 12.4. The third-order valence-corrected chi connectivity index (χ3v) is 3.07. The number of halogens is 3. The summed E-state index contributed by atoms with van der Waals surface area (Å²) in [5.74, 6) is 0.556. The molecule has 3 nitrogen and oxygen atoms in total. The molecule has 0 spiro atoms. The summed E-state index contributed by atoms with van der Waals surface area (Å²) in [4.78, 5) is 3.91. The standard InChI is InChI=1S/C9H8BF3N3S.K/c11-10(12,13)8-3-1-7(2-4-8)5-17-9-14-6-15-16-9;/h1-4,6H,5H2,(H,14,15,16);/q-1;+1. The Hall–Kier alpha value is 0.201. The molecule has 0 unspecified atom stereocenters. The molecule has 0 aliphatic rings. The molecular weight excluding hydrogens is 289 g/mol. The monoisotopic (exact) mass is 297 g/mol. The molecule has 0 bridgehead atoms. The van der Waals surface area contributed by atoms with Gasteiger partial charge in [-0.3, -0.25) is 5.10 Å². The first-order valence-electron chi connectivity index (χ1n) is 4.82. The molecule has 18 heavy (non-hydrogen) atoms. The summed E-state index contributed by atoms with van der Waals surface area (Å²) in [7, 11) is 0. The third kappa shape index (κ3) is 4.71. The van der Waals surface area contributed by atoms with Crippen molar-refractivity contribution in [3.05, 3.63) is 36.2 Å². The third-order valence-electron chi connectivity index (χ3n) is 2.13. The molecule has 0 radical (unpaired) electrons. The van der Waals surface area contributed by atoms with E-state index in [1.807, 2.05) is 0 Å². The van der Waals surface area contributed by atoms with Crippen molar-refractivity contribution in [2.45, 2.75) is 10.9 Å². The Labute approximate surface area is 149 Å². The van der Waals surface area contributed by atoms with E-state index in [0.29, 0.717) is 10.9 Å². The van der Waals surface area contributed by atoms with Crippen LogP contribution < -0.4 is 56.8 Å². The van der Waals surface area contributed by atoms with Crippen molar-refractivity contribution in [2.75, 3.05) is 0 Å². The number of nitrogens with zero attached hydrogens (tertiary/aromatic N) is 2. The quantitative estimate of drug-likeness (QED) is 0.591. The fourth-order valence-corrected chi connectivity index (χ4v) is 1.98. The number of hydrogen-bond donors (Lipinski definition) is 1. The Balaban J connectivity index is 0.00000162. The first kappa shape index (κ1) is 16.3. The molecule has 9 heteroatoms. The number of nitrogens with one attached hydrogen (secondary N) is 1. The number of benzene rings is 1. The first-order valence-corrected chi connectivity index (χ1v) is 5.81. The Kier molecular flexibility index (Phi) is 6.42. The van der Waals surface area contributed by atoms with Gasteiger partial charge in [-0.1, -0.05) is 36.0 Å². The van der Waals surface area contributed by atoms with Crippen LogP contribution in [0.4, 0.5) is 12.9 Å². The molecule has 0 amide bonds. The van der Waals surface area contributed by atoms with Gasteiger partial charge in [0, 0.05) is 5.75 Å². The summed E-state index contributed by atoms with van der Waals surface area (Å²) in [6, 6.07) is 5.18. The largest absolute Gasteiger partial charge is 1.00 e. The van der Waals surface area contributed by atoms with Gasteiger partial charge in [-0.25, -0.2) is 4.98 Å². The van der Waals surface area contributed by atoms with Crippen molar-refractivity contribution >= 4 is 24.2 Å². The Morgan fingerprint density at radius 3 is 2.33 bits per heavy atom. The maximum Gasteiger partial charge on any atom is 1.00 e. The molecule has 0 fully saturated rings. The van der Waals surface area contributed by atoms with Crippen molar-refractivity contribution < 1.29 is 64.3 Å². The minimum Gasteiger partial charge on any atom is -0.445 e. The van der Waals surface area contributed by atoms with Crippen molar-refractivity contribution in [3.8, 4) is 0 Å². The van der Waals surface area contributed by atoms with Gasteiger partial charge < -0.3 is 12.9 Å². The summed E-state index contributed by atoms with van der Waals surface area (Å²) >= 11 is 1.39. The van der Waals surface area contributed by atoms with E-state index in [0.717, 1.165) is 17.7 Å². The second-order valence-electron chi connectivity index (χ2n) is 3.40. The van der Waals surface area contributed by atoms with E-state index in [9.17, 15) is 12.9 Å². The van der Waals surface area contributed by atoms with Gasteiger partial charge >= 0.3 is 58.4 Å². The van der Waals surface area contributed by atoms with Crippen LogP contribution in [-0.4, -0.2) is 22.2 Å². The Morgan fingerprint density at radius 1 is 1.17 bits per heavy atom. The van der Waals surface area contributed by atoms with Crippen LogP contribution >= 0.6 is 11.8 Å². The first-order chi connectivity index (χ1) is 8.05. The van der Waals surface area contributed by atoms with E-state index in [4.69, 9.17) is 0 Å². The van der Waals surface area contributed by atoms with Crippen LogP contribution in [0, 0.1) is 0 Å². The van der Waals surface area contributed by atoms with Gasteiger partial charge in [0.15, 0.2) is 5.16 Å². The topological polar surface area (TPSA) is 41.6 Å². The minimum absolute atomic E-state index is 0. The molecule has 0 atom stereocenters. The molecule has 2 rings (SSSR count). The Bertz CT molecular complexity index is 475. The molecule has 1 N–H and O–H groups in total. The van der Waals surface area contributed by atoms with Gasteiger partial charge in [0.1, 0.15) is 6.33 Å². The van der Waals surface area contributed by atoms with Crippen molar-refractivity contribution in [3.63, 3.8) is 0 Å². The molecule has 0 aliphatic carbocycles. The number of rotatable bonds is 4. The average molecular weight is 297 g/mol.